The number of hydrogen-bond acceptors (Lipinski definition) is 2. The van der Waals surface area contributed by atoms with Gasteiger partial charge >= 0.3 is 5.97 Å². The first-order valence-corrected chi connectivity index (χ1v) is 7.81. The molecule has 1 aromatic carbocycles. The number of likely N-dealkylation sites (tertiary alicyclic amines) is 1. The van der Waals surface area contributed by atoms with Gasteiger partial charge in [0.15, 0.2) is 0 Å². The van der Waals surface area contributed by atoms with Gasteiger partial charge in [-0.15, -0.1) is 0 Å². The quantitative estimate of drug-likeness (QED) is 0.801. The molecule has 0 amide bonds. The number of piperidine rings is 1. The third-order valence-electron chi connectivity index (χ3n) is 3.93. The lowest BCUT2D eigenvalue weighted by Gasteiger charge is -2.26. The molecule has 2 rings (SSSR count). The molecule has 1 atom stereocenters. The predicted octanol–water partition coefficient (Wildman–Crippen LogP) is 1.62. The number of carbonyl (C=O) groups excluding carboxylic acids is 1. The van der Waals surface area contributed by atoms with E-state index in [0.717, 1.165) is 13.0 Å². The van der Waals surface area contributed by atoms with Gasteiger partial charge in [-0.2, -0.15) is 0 Å². The number of esters is 1. The second kappa shape index (κ2) is 8.05. The summed E-state index contributed by atoms with van der Waals surface area (Å²) in [5.74, 6) is -0.0715. The number of ether oxygens (including phenoxy) is 1. The molecule has 0 aliphatic carbocycles. The number of carbonyl (C=O) groups is 1. The maximum Gasteiger partial charge on any atom is 0.306 e. The zero-order valence-corrected chi connectivity index (χ0v) is 12.4. The molecular weight excluding hydrogens is 250 g/mol. The molecule has 0 bridgehead atoms. The Morgan fingerprint density at radius 2 is 1.90 bits per heavy atom. The largest absolute Gasteiger partial charge is 0.457 e. The lowest BCUT2D eigenvalue weighted by atomic mass is 10.1. The van der Waals surface area contributed by atoms with E-state index < -0.39 is 0 Å². The topological polar surface area (TPSA) is 30.7 Å². The summed E-state index contributed by atoms with van der Waals surface area (Å²) in [6, 6.07) is 10.1. The van der Waals surface area contributed by atoms with Gasteiger partial charge in [0.2, 0.25) is 0 Å². The van der Waals surface area contributed by atoms with Crippen molar-refractivity contribution in [2.45, 2.75) is 45.1 Å². The fourth-order valence-electron chi connectivity index (χ4n) is 2.88. The molecule has 1 fully saturated rings. The molecule has 1 aliphatic heterocycles. The average Bonchev–Trinajstić information content (AvgIpc) is 2.47. The van der Waals surface area contributed by atoms with Crippen molar-refractivity contribution in [3.63, 3.8) is 0 Å². The Morgan fingerprint density at radius 1 is 1.20 bits per heavy atom. The van der Waals surface area contributed by atoms with Gasteiger partial charge in [-0.1, -0.05) is 30.3 Å². The van der Waals surface area contributed by atoms with Crippen LogP contribution in [-0.2, 0) is 16.0 Å². The molecule has 1 aromatic rings. The molecule has 0 saturated carbocycles. The molecule has 1 saturated heterocycles. The minimum atomic E-state index is -0.0715. The fourth-order valence-corrected chi connectivity index (χ4v) is 2.88. The molecule has 0 radical (unpaired) electrons. The smallest absolute Gasteiger partial charge is 0.306 e. The van der Waals surface area contributed by atoms with Crippen LogP contribution in [0.1, 0.15) is 38.2 Å². The van der Waals surface area contributed by atoms with Crippen LogP contribution in [0.3, 0.4) is 0 Å². The summed E-state index contributed by atoms with van der Waals surface area (Å²) in [7, 11) is 0. The van der Waals surface area contributed by atoms with Crippen LogP contribution in [0.5, 0.6) is 0 Å². The van der Waals surface area contributed by atoms with E-state index in [1.54, 1.807) is 4.90 Å². The highest BCUT2D eigenvalue weighted by Gasteiger charge is 2.19. The Morgan fingerprint density at radius 3 is 2.60 bits per heavy atom. The van der Waals surface area contributed by atoms with Gasteiger partial charge in [0.1, 0.15) is 12.6 Å². The lowest BCUT2D eigenvalue weighted by molar-refractivity contribution is -0.907. The first-order chi connectivity index (χ1) is 9.74. The Bertz CT molecular complexity index is 399. The fraction of sp³-hybridized carbons (Fsp3) is 0.588. The number of nitrogens with one attached hydrogen (secondary N) is 1. The zero-order chi connectivity index (χ0) is 14.2. The highest BCUT2D eigenvalue weighted by molar-refractivity contribution is 5.69. The van der Waals surface area contributed by atoms with Gasteiger partial charge in [-0.25, -0.2) is 0 Å². The normalized spacial score (nSPS) is 17.6. The monoisotopic (exact) mass is 276 g/mol. The van der Waals surface area contributed by atoms with Crippen LogP contribution >= 0.6 is 0 Å². The summed E-state index contributed by atoms with van der Waals surface area (Å²) in [5.41, 5.74) is 1.19. The zero-order valence-electron chi connectivity index (χ0n) is 12.4. The van der Waals surface area contributed by atoms with Crippen LogP contribution in [0, 0.1) is 0 Å². The predicted molar refractivity (Wildman–Crippen MR) is 79.7 cm³/mol. The third-order valence-corrected chi connectivity index (χ3v) is 3.93. The SMILES string of the molecule is C[C@@H](C[NH+]1CCCCC1)OC(=O)CCc1ccccc1. The number of rotatable bonds is 6. The number of aryl methyl sites for hydroxylation is 1. The van der Waals surface area contributed by atoms with E-state index in [1.165, 1.54) is 37.9 Å². The Hall–Kier alpha value is -1.35. The minimum Gasteiger partial charge on any atom is -0.457 e. The van der Waals surface area contributed by atoms with Crippen LogP contribution < -0.4 is 4.90 Å². The van der Waals surface area contributed by atoms with Crippen molar-refractivity contribution in [1.29, 1.82) is 0 Å². The number of hydrogen-bond donors (Lipinski definition) is 1. The third kappa shape index (κ3) is 5.33. The van der Waals surface area contributed by atoms with E-state index in [-0.39, 0.29) is 12.1 Å². The average molecular weight is 276 g/mol. The standard InChI is InChI=1S/C17H25NO2/c1-15(14-18-12-6-3-7-13-18)20-17(19)11-10-16-8-4-2-5-9-16/h2,4-5,8-9,15H,3,6-7,10-14H2,1H3/p+1/t15-/m0/s1. The molecule has 1 aliphatic rings. The van der Waals surface area contributed by atoms with Crippen LogP contribution in [-0.4, -0.2) is 31.7 Å². The first-order valence-electron chi connectivity index (χ1n) is 7.81. The van der Waals surface area contributed by atoms with E-state index in [0.29, 0.717) is 6.42 Å². The maximum absolute atomic E-state index is 11.8. The Kier molecular flexibility index (Phi) is 6.06. The first kappa shape index (κ1) is 15.0. The molecule has 20 heavy (non-hydrogen) atoms. The Balaban J connectivity index is 1.65. The van der Waals surface area contributed by atoms with Crippen LogP contribution in [0.4, 0.5) is 0 Å². The lowest BCUT2D eigenvalue weighted by Crippen LogP contribution is -3.13. The Labute approximate surface area is 121 Å². The second-order valence-electron chi connectivity index (χ2n) is 5.80. The molecule has 3 heteroatoms. The van der Waals surface area contributed by atoms with Crippen molar-refractivity contribution < 1.29 is 14.4 Å². The summed E-state index contributed by atoms with van der Waals surface area (Å²) >= 11 is 0. The molecule has 0 spiro atoms. The highest BCUT2D eigenvalue weighted by atomic mass is 16.5. The summed E-state index contributed by atoms with van der Waals surface area (Å²) in [6.07, 6.45) is 5.25. The number of benzene rings is 1. The minimum absolute atomic E-state index is 0.0337. The van der Waals surface area contributed by atoms with Gasteiger partial charge in [0, 0.05) is 6.42 Å². The van der Waals surface area contributed by atoms with Crippen molar-refractivity contribution in [3.05, 3.63) is 35.9 Å². The van der Waals surface area contributed by atoms with Crippen molar-refractivity contribution in [1.82, 2.24) is 0 Å². The summed E-state index contributed by atoms with van der Waals surface area (Å²) in [6.45, 7) is 5.43. The van der Waals surface area contributed by atoms with Crippen molar-refractivity contribution in [2.75, 3.05) is 19.6 Å². The maximum atomic E-state index is 11.8. The molecule has 1 N–H and O–H groups in total. The molecule has 0 unspecified atom stereocenters. The van der Waals surface area contributed by atoms with E-state index in [2.05, 4.69) is 12.1 Å². The van der Waals surface area contributed by atoms with E-state index >= 15 is 0 Å². The molecule has 110 valence electrons. The highest BCUT2D eigenvalue weighted by Crippen LogP contribution is 2.04. The number of quaternary nitrogens is 1. The van der Waals surface area contributed by atoms with Gasteiger partial charge in [-0.3, -0.25) is 4.79 Å². The van der Waals surface area contributed by atoms with Crippen molar-refractivity contribution in [3.8, 4) is 0 Å². The van der Waals surface area contributed by atoms with Gasteiger partial charge in [0.25, 0.3) is 0 Å². The van der Waals surface area contributed by atoms with E-state index in [1.807, 2.05) is 25.1 Å². The molecule has 3 nitrogen and oxygen atoms in total. The van der Waals surface area contributed by atoms with Gasteiger partial charge < -0.3 is 9.64 Å². The van der Waals surface area contributed by atoms with Crippen LogP contribution in [0.25, 0.3) is 0 Å². The van der Waals surface area contributed by atoms with E-state index in [4.69, 9.17) is 4.74 Å². The van der Waals surface area contributed by atoms with Crippen molar-refractivity contribution in [2.24, 2.45) is 0 Å². The molecule has 0 aromatic heterocycles. The van der Waals surface area contributed by atoms with Crippen LogP contribution in [0.15, 0.2) is 30.3 Å². The van der Waals surface area contributed by atoms with Crippen LogP contribution in [0.2, 0.25) is 0 Å². The van der Waals surface area contributed by atoms with E-state index in [9.17, 15) is 4.79 Å². The summed E-state index contributed by atoms with van der Waals surface area (Å²) in [4.78, 5) is 13.4. The second-order valence-corrected chi connectivity index (χ2v) is 5.80. The summed E-state index contributed by atoms with van der Waals surface area (Å²) in [5, 5.41) is 0. The molecular formula is C17H26NO2+. The summed E-state index contributed by atoms with van der Waals surface area (Å²) < 4.78 is 5.52. The molecule has 1 heterocycles. The van der Waals surface area contributed by atoms with Gasteiger partial charge in [0.05, 0.1) is 13.1 Å². The van der Waals surface area contributed by atoms with Crippen molar-refractivity contribution >= 4 is 5.97 Å². The van der Waals surface area contributed by atoms with Gasteiger partial charge in [-0.05, 0) is 38.2 Å².